The van der Waals surface area contributed by atoms with Crippen LogP contribution in [-0.2, 0) is 14.4 Å². The molecule has 6 heteroatoms. The van der Waals surface area contributed by atoms with Crippen LogP contribution in [0, 0.1) is 18.3 Å². The number of rotatable bonds is 7. The van der Waals surface area contributed by atoms with Crippen molar-refractivity contribution in [3.63, 3.8) is 0 Å². The Morgan fingerprint density at radius 2 is 1.67 bits per heavy atom. The highest BCUT2D eigenvalue weighted by Gasteiger charge is 2.34. The van der Waals surface area contributed by atoms with Crippen LogP contribution in [0.1, 0.15) is 19.8 Å². The fourth-order valence-corrected chi connectivity index (χ4v) is 1.28. The molecule has 3 N–H and O–H groups in total. The minimum Gasteiger partial charge on any atom is -0.481 e. The van der Waals surface area contributed by atoms with Crippen LogP contribution in [0.3, 0.4) is 0 Å². The molecule has 0 aliphatic heterocycles. The number of carboxylic acids is 3. The lowest BCUT2D eigenvalue weighted by atomic mass is 9.86. The van der Waals surface area contributed by atoms with E-state index in [4.69, 9.17) is 15.3 Å². The molecule has 0 aromatic heterocycles. The first-order valence-electron chi connectivity index (χ1n) is 4.43. The number of hydrogen-bond donors (Lipinski definition) is 3. The molecule has 0 aliphatic carbocycles. The summed E-state index contributed by atoms with van der Waals surface area (Å²) in [7, 11) is 0. The molecule has 0 aromatic rings. The Bertz CT molecular complexity index is 259. The van der Waals surface area contributed by atoms with Crippen molar-refractivity contribution in [2.75, 3.05) is 0 Å². The van der Waals surface area contributed by atoms with E-state index < -0.39 is 29.7 Å². The van der Waals surface area contributed by atoms with E-state index in [-0.39, 0.29) is 6.42 Å². The summed E-state index contributed by atoms with van der Waals surface area (Å²) in [5.74, 6) is -6.83. The summed E-state index contributed by atoms with van der Waals surface area (Å²) in [4.78, 5) is 31.8. The Hall–Kier alpha value is -1.59. The molecule has 0 saturated carbocycles. The van der Waals surface area contributed by atoms with Gasteiger partial charge in [-0.2, -0.15) is 0 Å². The number of aliphatic carboxylic acids is 3. The van der Waals surface area contributed by atoms with Gasteiger partial charge in [-0.05, 0) is 6.42 Å². The Balaban J connectivity index is 4.74. The van der Waals surface area contributed by atoms with Gasteiger partial charge >= 0.3 is 17.9 Å². The van der Waals surface area contributed by atoms with Crippen LogP contribution in [0.15, 0.2) is 0 Å². The molecule has 0 saturated heterocycles. The van der Waals surface area contributed by atoms with Gasteiger partial charge in [0, 0.05) is 0 Å². The van der Waals surface area contributed by atoms with Crippen molar-refractivity contribution in [3.05, 3.63) is 6.42 Å². The van der Waals surface area contributed by atoms with Gasteiger partial charge in [-0.3, -0.25) is 14.4 Å². The van der Waals surface area contributed by atoms with Crippen LogP contribution in [0.2, 0.25) is 0 Å². The molecule has 0 heterocycles. The maximum Gasteiger partial charge on any atom is 0.308 e. The van der Waals surface area contributed by atoms with Crippen molar-refractivity contribution in [3.8, 4) is 0 Å². The first kappa shape index (κ1) is 13.4. The summed E-state index contributed by atoms with van der Waals surface area (Å²) in [6, 6.07) is 0. The minimum absolute atomic E-state index is 0.135. The highest BCUT2D eigenvalue weighted by molar-refractivity contribution is 5.89. The Kier molecular flexibility index (Phi) is 5.36. The second-order valence-corrected chi connectivity index (χ2v) is 3.10. The van der Waals surface area contributed by atoms with Crippen LogP contribution in [0.5, 0.6) is 0 Å². The maximum atomic E-state index is 10.7. The van der Waals surface area contributed by atoms with Crippen LogP contribution in [0.25, 0.3) is 0 Å². The normalized spacial score (nSPS) is 14.2. The van der Waals surface area contributed by atoms with Gasteiger partial charge in [0.05, 0.1) is 18.3 Å². The lowest BCUT2D eigenvalue weighted by Gasteiger charge is -2.17. The number of carbonyl (C=O) groups is 3. The zero-order valence-electron chi connectivity index (χ0n) is 8.21. The third-order valence-electron chi connectivity index (χ3n) is 1.96. The quantitative estimate of drug-likeness (QED) is 0.571. The van der Waals surface area contributed by atoms with E-state index in [0.29, 0.717) is 12.8 Å². The van der Waals surface area contributed by atoms with Crippen LogP contribution < -0.4 is 0 Å². The van der Waals surface area contributed by atoms with Gasteiger partial charge in [-0.25, -0.2) is 0 Å². The zero-order valence-corrected chi connectivity index (χ0v) is 8.21. The topological polar surface area (TPSA) is 112 Å². The third kappa shape index (κ3) is 4.44. The van der Waals surface area contributed by atoms with Crippen molar-refractivity contribution in [2.45, 2.75) is 19.8 Å². The Labute approximate surface area is 86.5 Å². The largest absolute Gasteiger partial charge is 0.481 e. The van der Waals surface area contributed by atoms with E-state index in [1.807, 2.05) is 0 Å². The average molecular weight is 217 g/mol. The van der Waals surface area contributed by atoms with Gasteiger partial charge in [-0.15, -0.1) is 0 Å². The SMILES string of the molecule is CCCC(C(=O)O)C([CH]C(=O)O)C(=O)O. The molecule has 0 bridgehead atoms. The lowest BCUT2D eigenvalue weighted by Crippen LogP contribution is -2.32. The van der Waals surface area contributed by atoms with Crippen molar-refractivity contribution < 1.29 is 29.7 Å². The summed E-state index contributed by atoms with van der Waals surface area (Å²) in [5, 5.41) is 25.9. The second kappa shape index (κ2) is 6.00. The molecule has 85 valence electrons. The fraction of sp³-hybridized carbons (Fsp3) is 0.556. The first-order valence-corrected chi connectivity index (χ1v) is 4.43. The minimum atomic E-state index is -1.49. The summed E-state index contributed by atoms with van der Waals surface area (Å²) in [5.41, 5.74) is 0. The number of carboxylic acid groups (broad SMARTS) is 3. The van der Waals surface area contributed by atoms with Gasteiger partial charge < -0.3 is 15.3 Å². The van der Waals surface area contributed by atoms with Gasteiger partial charge in [0.25, 0.3) is 0 Å². The zero-order chi connectivity index (χ0) is 12.0. The Morgan fingerprint density at radius 3 is 1.93 bits per heavy atom. The van der Waals surface area contributed by atoms with E-state index in [1.54, 1.807) is 6.92 Å². The molecule has 0 aromatic carbocycles. The monoisotopic (exact) mass is 217 g/mol. The fourth-order valence-electron chi connectivity index (χ4n) is 1.28. The summed E-state index contributed by atoms with van der Waals surface area (Å²) in [6.07, 6.45) is 1.13. The molecule has 2 unspecified atom stereocenters. The summed E-state index contributed by atoms with van der Waals surface area (Å²) < 4.78 is 0. The summed E-state index contributed by atoms with van der Waals surface area (Å²) >= 11 is 0. The van der Waals surface area contributed by atoms with Gasteiger partial charge in [0.1, 0.15) is 0 Å². The van der Waals surface area contributed by atoms with E-state index in [0.717, 1.165) is 0 Å². The standard InChI is InChI=1S/C9H13O6/c1-2-3-5(8(12)13)6(9(14)15)4-7(10)11/h4-6H,2-3H2,1H3,(H,10,11)(H,12,13)(H,14,15). The van der Waals surface area contributed by atoms with Crippen LogP contribution in [0.4, 0.5) is 0 Å². The van der Waals surface area contributed by atoms with Crippen molar-refractivity contribution in [1.82, 2.24) is 0 Å². The van der Waals surface area contributed by atoms with Gasteiger partial charge in [0.15, 0.2) is 0 Å². The molecule has 0 spiro atoms. The van der Waals surface area contributed by atoms with Crippen molar-refractivity contribution in [2.24, 2.45) is 11.8 Å². The molecule has 1 radical (unpaired) electrons. The van der Waals surface area contributed by atoms with Crippen LogP contribution >= 0.6 is 0 Å². The van der Waals surface area contributed by atoms with E-state index >= 15 is 0 Å². The summed E-state index contributed by atoms with van der Waals surface area (Å²) in [6.45, 7) is 1.70. The molecule has 0 rings (SSSR count). The van der Waals surface area contributed by atoms with Crippen LogP contribution in [-0.4, -0.2) is 33.2 Å². The molecular formula is C9H13O6. The van der Waals surface area contributed by atoms with E-state index in [1.165, 1.54) is 0 Å². The molecular weight excluding hydrogens is 204 g/mol. The highest BCUT2D eigenvalue weighted by Crippen LogP contribution is 2.21. The second-order valence-electron chi connectivity index (χ2n) is 3.10. The van der Waals surface area contributed by atoms with E-state index in [2.05, 4.69) is 0 Å². The van der Waals surface area contributed by atoms with Crippen molar-refractivity contribution in [1.29, 1.82) is 0 Å². The predicted molar refractivity (Wildman–Crippen MR) is 49.1 cm³/mol. The Morgan fingerprint density at radius 1 is 1.13 bits per heavy atom. The third-order valence-corrected chi connectivity index (χ3v) is 1.96. The maximum absolute atomic E-state index is 10.7. The molecule has 15 heavy (non-hydrogen) atoms. The average Bonchev–Trinajstić information content (AvgIpc) is 2.09. The lowest BCUT2D eigenvalue weighted by molar-refractivity contribution is -0.154. The van der Waals surface area contributed by atoms with Crippen molar-refractivity contribution >= 4 is 17.9 Å². The smallest absolute Gasteiger partial charge is 0.308 e. The molecule has 0 aliphatic rings. The van der Waals surface area contributed by atoms with E-state index in [9.17, 15) is 14.4 Å². The molecule has 2 atom stereocenters. The first-order chi connectivity index (χ1) is 6.90. The van der Waals surface area contributed by atoms with Gasteiger partial charge in [0.2, 0.25) is 0 Å². The molecule has 6 nitrogen and oxygen atoms in total. The van der Waals surface area contributed by atoms with Gasteiger partial charge in [-0.1, -0.05) is 13.3 Å². The predicted octanol–water partition coefficient (Wildman–Crippen LogP) is 0.477. The highest BCUT2D eigenvalue weighted by atomic mass is 16.4. The molecule has 0 amide bonds. The molecule has 0 fully saturated rings. The number of hydrogen-bond acceptors (Lipinski definition) is 3.